The van der Waals surface area contributed by atoms with Crippen LogP contribution in [0.2, 0.25) is 0 Å². The summed E-state index contributed by atoms with van der Waals surface area (Å²) < 4.78 is 5.85. The molecule has 0 aliphatic heterocycles. The summed E-state index contributed by atoms with van der Waals surface area (Å²) in [7, 11) is 1.22. The molecule has 106 valence electrons. The molecule has 0 spiro atoms. The van der Waals surface area contributed by atoms with Gasteiger partial charge >= 0.3 is 5.97 Å². The van der Waals surface area contributed by atoms with E-state index in [9.17, 15) is 15.0 Å². The Balaban J connectivity index is 2.22. The molecule has 1 heterocycles. The number of aliphatic hydroxyl groups excluding tert-OH is 2. The third-order valence-corrected chi connectivity index (χ3v) is 2.90. The molecule has 0 saturated carbocycles. The van der Waals surface area contributed by atoms with Crippen LogP contribution in [0.5, 0.6) is 0 Å². The van der Waals surface area contributed by atoms with Crippen LogP contribution >= 0.6 is 0 Å². The van der Waals surface area contributed by atoms with Gasteiger partial charge in [0.2, 0.25) is 0 Å². The van der Waals surface area contributed by atoms with Crippen molar-refractivity contribution in [2.24, 2.45) is 0 Å². The Labute approximate surface area is 115 Å². The molecule has 2 aromatic rings. The molecule has 2 N–H and O–H groups in total. The summed E-state index contributed by atoms with van der Waals surface area (Å²) in [6, 6.07) is 9.03. The number of methoxy groups -OCH3 is 1. The Kier molecular flexibility index (Phi) is 4.44. The van der Waals surface area contributed by atoms with Gasteiger partial charge in [0.1, 0.15) is 0 Å². The minimum absolute atomic E-state index is 0.0461. The van der Waals surface area contributed by atoms with Crippen molar-refractivity contribution in [3.63, 3.8) is 0 Å². The van der Waals surface area contributed by atoms with E-state index in [1.165, 1.54) is 11.8 Å². The largest absolute Gasteiger partial charge is 0.464 e. The molecule has 1 aromatic carbocycles. The molecule has 1 aromatic heterocycles. The van der Waals surface area contributed by atoms with E-state index in [0.717, 1.165) is 0 Å². The number of carbonyl (C=O) groups excluding carboxylic acids is 1. The van der Waals surface area contributed by atoms with Crippen molar-refractivity contribution in [3.8, 4) is 0 Å². The van der Waals surface area contributed by atoms with Crippen molar-refractivity contribution in [1.82, 2.24) is 15.0 Å². The van der Waals surface area contributed by atoms with Gasteiger partial charge in [-0.05, 0) is 5.56 Å². The summed E-state index contributed by atoms with van der Waals surface area (Å²) >= 11 is 0. The third kappa shape index (κ3) is 2.84. The number of aliphatic hydroxyl groups is 2. The van der Waals surface area contributed by atoms with Crippen LogP contribution in [-0.4, -0.2) is 38.3 Å². The van der Waals surface area contributed by atoms with E-state index >= 15 is 0 Å². The maximum Gasteiger partial charge on any atom is 0.360 e. The number of rotatable bonds is 5. The molecule has 0 bridgehead atoms. The zero-order chi connectivity index (χ0) is 14.5. The fourth-order valence-electron chi connectivity index (χ4n) is 1.84. The SMILES string of the molecule is COC(=O)c1nnn(C[C@@H](O)c2ccccc2)c1CO. The van der Waals surface area contributed by atoms with Crippen molar-refractivity contribution in [2.75, 3.05) is 7.11 Å². The van der Waals surface area contributed by atoms with E-state index in [1.807, 2.05) is 18.2 Å². The minimum Gasteiger partial charge on any atom is -0.464 e. The topological polar surface area (TPSA) is 97.5 Å². The smallest absolute Gasteiger partial charge is 0.360 e. The van der Waals surface area contributed by atoms with Crippen LogP contribution < -0.4 is 0 Å². The number of esters is 1. The van der Waals surface area contributed by atoms with E-state index in [0.29, 0.717) is 5.56 Å². The third-order valence-electron chi connectivity index (χ3n) is 2.90. The molecule has 0 aliphatic rings. The van der Waals surface area contributed by atoms with Gasteiger partial charge in [-0.15, -0.1) is 5.10 Å². The first-order valence-corrected chi connectivity index (χ1v) is 6.02. The van der Waals surface area contributed by atoms with Gasteiger partial charge < -0.3 is 14.9 Å². The molecular formula is C13H15N3O4. The molecule has 0 radical (unpaired) electrons. The molecule has 0 unspecified atom stereocenters. The van der Waals surface area contributed by atoms with Crippen LogP contribution in [0.15, 0.2) is 30.3 Å². The highest BCUT2D eigenvalue weighted by Crippen LogP contribution is 2.16. The average Bonchev–Trinajstić information content (AvgIpc) is 2.89. The number of ether oxygens (including phenoxy) is 1. The Morgan fingerprint density at radius 2 is 2.10 bits per heavy atom. The van der Waals surface area contributed by atoms with Gasteiger partial charge in [0.15, 0.2) is 5.69 Å². The van der Waals surface area contributed by atoms with E-state index in [2.05, 4.69) is 15.0 Å². The van der Waals surface area contributed by atoms with E-state index < -0.39 is 18.7 Å². The van der Waals surface area contributed by atoms with Crippen LogP contribution in [0.25, 0.3) is 0 Å². The molecular weight excluding hydrogens is 262 g/mol. The fraction of sp³-hybridized carbons (Fsp3) is 0.308. The van der Waals surface area contributed by atoms with Crippen molar-refractivity contribution >= 4 is 5.97 Å². The molecule has 7 heteroatoms. The van der Waals surface area contributed by atoms with Gasteiger partial charge in [0, 0.05) is 0 Å². The van der Waals surface area contributed by atoms with Gasteiger partial charge in [0.25, 0.3) is 0 Å². The van der Waals surface area contributed by atoms with E-state index in [-0.39, 0.29) is 17.9 Å². The zero-order valence-electron chi connectivity index (χ0n) is 10.9. The Morgan fingerprint density at radius 1 is 1.40 bits per heavy atom. The lowest BCUT2D eigenvalue weighted by molar-refractivity contribution is 0.0589. The summed E-state index contributed by atoms with van der Waals surface area (Å²) in [5.74, 6) is -0.672. The molecule has 0 fully saturated rings. The first-order valence-electron chi connectivity index (χ1n) is 6.02. The highest BCUT2D eigenvalue weighted by Gasteiger charge is 2.21. The summed E-state index contributed by atoms with van der Waals surface area (Å²) in [6.45, 7) is -0.331. The molecule has 2 rings (SSSR count). The van der Waals surface area contributed by atoms with Crippen LogP contribution in [-0.2, 0) is 17.9 Å². The average molecular weight is 277 g/mol. The summed E-state index contributed by atoms with van der Waals surface area (Å²) in [5.41, 5.74) is 0.883. The Hall–Kier alpha value is -2.25. The second-order valence-electron chi connectivity index (χ2n) is 4.14. The predicted octanol–water partition coefficient (Wildman–Crippen LogP) is 0.291. The predicted molar refractivity (Wildman–Crippen MR) is 68.7 cm³/mol. The number of carbonyl (C=O) groups is 1. The van der Waals surface area contributed by atoms with E-state index in [4.69, 9.17) is 0 Å². The fourth-order valence-corrected chi connectivity index (χ4v) is 1.84. The zero-order valence-corrected chi connectivity index (χ0v) is 10.9. The van der Waals surface area contributed by atoms with Crippen molar-refractivity contribution in [1.29, 1.82) is 0 Å². The van der Waals surface area contributed by atoms with Crippen molar-refractivity contribution in [3.05, 3.63) is 47.3 Å². The quantitative estimate of drug-likeness (QED) is 0.762. The number of hydrogen-bond acceptors (Lipinski definition) is 6. The first kappa shape index (κ1) is 14.2. The van der Waals surface area contributed by atoms with Crippen LogP contribution in [0.4, 0.5) is 0 Å². The number of nitrogens with zero attached hydrogens (tertiary/aromatic N) is 3. The molecule has 1 atom stereocenters. The minimum atomic E-state index is -0.811. The molecule has 0 amide bonds. The van der Waals surface area contributed by atoms with Crippen LogP contribution in [0.3, 0.4) is 0 Å². The number of aromatic nitrogens is 3. The van der Waals surface area contributed by atoms with Crippen LogP contribution in [0.1, 0.15) is 27.8 Å². The lowest BCUT2D eigenvalue weighted by Crippen LogP contribution is -2.14. The van der Waals surface area contributed by atoms with Crippen LogP contribution in [0, 0.1) is 0 Å². The molecule has 0 aliphatic carbocycles. The van der Waals surface area contributed by atoms with Gasteiger partial charge in [-0.1, -0.05) is 35.5 Å². The maximum absolute atomic E-state index is 11.5. The normalized spacial score (nSPS) is 12.2. The molecule has 20 heavy (non-hydrogen) atoms. The lowest BCUT2D eigenvalue weighted by Gasteiger charge is -2.12. The maximum atomic E-state index is 11.5. The highest BCUT2D eigenvalue weighted by atomic mass is 16.5. The van der Waals surface area contributed by atoms with Gasteiger partial charge in [-0.2, -0.15) is 0 Å². The summed E-state index contributed by atoms with van der Waals surface area (Å²) in [5, 5.41) is 26.9. The van der Waals surface area contributed by atoms with E-state index in [1.54, 1.807) is 12.1 Å². The second-order valence-corrected chi connectivity index (χ2v) is 4.14. The molecule has 7 nitrogen and oxygen atoms in total. The lowest BCUT2D eigenvalue weighted by atomic mass is 10.1. The summed E-state index contributed by atoms with van der Waals surface area (Å²) in [4.78, 5) is 11.5. The number of hydrogen-bond donors (Lipinski definition) is 2. The van der Waals surface area contributed by atoms with Crippen molar-refractivity contribution < 1.29 is 19.7 Å². The highest BCUT2D eigenvalue weighted by molar-refractivity contribution is 5.88. The van der Waals surface area contributed by atoms with Crippen molar-refractivity contribution in [2.45, 2.75) is 19.3 Å². The monoisotopic (exact) mass is 277 g/mol. The van der Waals surface area contributed by atoms with Gasteiger partial charge in [-0.25, -0.2) is 9.48 Å². The standard InChI is InChI=1S/C13H15N3O4/c1-20-13(19)12-10(8-17)16(15-14-12)7-11(18)9-5-3-2-4-6-9/h2-6,11,17-18H,7-8H2,1H3/t11-/m1/s1. The Bertz CT molecular complexity index is 583. The summed E-state index contributed by atoms with van der Waals surface area (Å²) in [6.07, 6.45) is -0.811. The Morgan fingerprint density at radius 3 is 2.70 bits per heavy atom. The van der Waals surface area contributed by atoms with Gasteiger partial charge in [0.05, 0.1) is 32.1 Å². The number of benzene rings is 1. The first-order chi connectivity index (χ1) is 9.67. The van der Waals surface area contributed by atoms with Gasteiger partial charge in [-0.3, -0.25) is 0 Å². The second kappa shape index (κ2) is 6.27. The molecule has 0 saturated heterocycles.